The van der Waals surface area contributed by atoms with Gasteiger partial charge >= 0.3 is 40.4 Å². The van der Waals surface area contributed by atoms with Gasteiger partial charge in [0, 0.05) is 5.97 Å². The zero-order valence-electron chi connectivity index (χ0n) is 2.72. The maximum atomic E-state index is 8.89. The summed E-state index contributed by atoms with van der Waals surface area (Å²) in [5, 5.41) is 8.89. The Morgan fingerprint density at radius 3 is 1.80 bits per heavy atom. The van der Waals surface area contributed by atoms with Gasteiger partial charge < -0.3 is 9.90 Å². The van der Waals surface area contributed by atoms with Gasteiger partial charge in [-0.15, -0.1) is 0 Å². The Kier molecular flexibility index (Phi) is 8.90. The van der Waals surface area contributed by atoms with Crippen LogP contribution < -0.4 is 5.11 Å². The molecule has 27 valence electrons. The van der Waals surface area contributed by atoms with E-state index in [0.29, 0.717) is 0 Å². The first-order chi connectivity index (χ1) is 1.73. The van der Waals surface area contributed by atoms with E-state index in [1.807, 2.05) is 0 Å². The van der Waals surface area contributed by atoms with Gasteiger partial charge in [-0.3, -0.25) is 0 Å². The van der Waals surface area contributed by atoms with Crippen LogP contribution in [0.5, 0.6) is 0 Å². The molecule has 0 heterocycles. The van der Waals surface area contributed by atoms with Crippen molar-refractivity contribution in [2.75, 3.05) is 0 Å². The summed E-state index contributed by atoms with van der Waals surface area (Å²) in [6.07, 6.45) is 0. The first-order valence-corrected chi connectivity index (χ1v) is 0.908. The molecule has 0 aromatic carbocycles. The van der Waals surface area contributed by atoms with Gasteiger partial charge in [-0.25, -0.2) is 0 Å². The van der Waals surface area contributed by atoms with E-state index in [4.69, 9.17) is 9.90 Å². The molecule has 0 aliphatic heterocycles. The van der Waals surface area contributed by atoms with Crippen LogP contribution in [-0.2, 0) is 4.79 Å². The SMILES string of the molecule is CC(=O)[O-].[Sm+3]. The summed E-state index contributed by atoms with van der Waals surface area (Å²) < 4.78 is 0. The molecule has 0 bridgehead atoms. The second kappa shape index (κ2) is 4.81. The Balaban J connectivity index is 0. The molecule has 5 heavy (non-hydrogen) atoms. The maximum Gasteiger partial charge on any atom is 3.00 e. The van der Waals surface area contributed by atoms with Gasteiger partial charge in [0.2, 0.25) is 0 Å². The minimum atomic E-state index is -1.08. The van der Waals surface area contributed by atoms with Crippen LogP contribution in [0.1, 0.15) is 6.92 Å². The molecule has 0 spiro atoms. The summed E-state index contributed by atoms with van der Waals surface area (Å²) in [4.78, 5) is 8.89. The molecule has 1 radical (unpaired) electrons. The molecule has 2 nitrogen and oxygen atoms in total. The van der Waals surface area contributed by atoms with Crippen molar-refractivity contribution in [3.05, 3.63) is 0 Å². The number of carboxylic acids is 1. The molecule has 0 aromatic rings. The predicted octanol–water partition coefficient (Wildman–Crippen LogP) is -1.24. The van der Waals surface area contributed by atoms with E-state index in [1.165, 1.54) is 0 Å². The minimum Gasteiger partial charge on any atom is -0.550 e. The fourth-order valence-electron chi connectivity index (χ4n) is 0. The van der Waals surface area contributed by atoms with Gasteiger partial charge in [0.05, 0.1) is 0 Å². The van der Waals surface area contributed by atoms with Gasteiger partial charge in [-0.2, -0.15) is 0 Å². The standard InChI is InChI=1S/C2H4O2.Sm/c1-2(3)4;/h1H3,(H,3,4);/q;+3/p-1. The smallest absolute Gasteiger partial charge is 0.550 e. The van der Waals surface area contributed by atoms with Gasteiger partial charge in [-0.1, -0.05) is 0 Å². The Bertz CT molecular complexity index is 30.6. The van der Waals surface area contributed by atoms with Crippen molar-refractivity contribution in [2.45, 2.75) is 6.92 Å². The van der Waals surface area contributed by atoms with Crippen molar-refractivity contribution in [1.29, 1.82) is 0 Å². The molecule has 0 rings (SSSR count). The molecule has 0 N–H and O–H groups in total. The molecule has 3 heteroatoms. The van der Waals surface area contributed by atoms with Crippen LogP contribution in [0, 0.1) is 40.4 Å². The van der Waals surface area contributed by atoms with Crippen LogP contribution in [0.3, 0.4) is 0 Å². The largest absolute Gasteiger partial charge is 3.00 e. The first kappa shape index (κ1) is 9.26. The van der Waals surface area contributed by atoms with E-state index in [-0.39, 0.29) is 40.4 Å². The minimum absolute atomic E-state index is 0. The maximum absolute atomic E-state index is 8.89. The topological polar surface area (TPSA) is 40.1 Å². The normalized spacial score (nSPS) is 5.00. The Morgan fingerprint density at radius 2 is 1.80 bits per heavy atom. The Labute approximate surface area is 62.7 Å². The summed E-state index contributed by atoms with van der Waals surface area (Å²) in [6, 6.07) is 0. The van der Waals surface area contributed by atoms with Crippen molar-refractivity contribution in [1.82, 2.24) is 0 Å². The van der Waals surface area contributed by atoms with Crippen LogP contribution in [0.2, 0.25) is 0 Å². The van der Waals surface area contributed by atoms with Gasteiger partial charge in [0.1, 0.15) is 0 Å². The summed E-state index contributed by atoms with van der Waals surface area (Å²) >= 11 is 0. The number of aliphatic carboxylic acids is 1. The summed E-state index contributed by atoms with van der Waals surface area (Å²) in [5.41, 5.74) is 0. The van der Waals surface area contributed by atoms with Crippen LogP contribution in [-0.4, -0.2) is 5.97 Å². The number of hydrogen-bond acceptors (Lipinski definition) is 2. The molecule has 0 amide bonds. The molecule has 0 aliphatic rings. The third-order valence-corrected chi connectivity index (χ3v) is 0. The third-order valence-electron chi connectivity index (χ3n) is 0. The number of carboxylic acid groups (broad SMARTS) is 1. The van der Waals surface area contributed by atoms with E-state index < -0.39 is 5.97 Å². The summed E-state index contributed by atoms with van der Waals surface area (Å²) in [7, 11) is 0. The quantitative estimate of drug-likeness (QED) is 0.500. The van der Waals surface area contributed by atoms with Gasteiger partial charge in [0.25, 0.3) is 0 Å². The molecule has 0 saturated carbocycles. The van der Waals surface area contributed by atoms with Crippen molar-refractivity contribution in [3.8, 4) is 0 Å². The molecule has 0 fully saturated rings. The zero-order chi connectivity index (χ0) is 3.58. The Morgan fingerprint density at radius 1 is 1.80 bits per heavy atom. The number of carbonyl (C=O) groups is 1. The molecule has 0 aromatic heterocycles. The van der Waals surface area contributed by atoms with Crippen LogP contribution in [0.15, 0.2) is 0 Å². The summed E-state index contributed by atoms with van der Waals surface area (Å²) in [5.74, 6) is -1.08. The average Bonchev–Trinajstić information content (AvgIpc) is 0.811. The van der Waals surface area contributed by atoms with Crippen LogP contribution in [0.25, 0.3) is 0 Å². The molecule has 0 aliphatic carbocycles. The third kappa shape index (κ3) is 58.1. The van der Waals surface area contributed by atoms with Crippen molar-refractivity contribution < 1.29 is 50.3 Å². The van der Waals surface area contributed by atoms with Crippen LogP contribution in [0.4, 0.5) is 0 Å². The number of hydrogen-bond donors (Lipinski definition) is 0. The molecule has 0 atom stereocenters. The monoisotopic (exact) mass is 211 g/mol. The fraction of sp³-hybridized carbons (Fsp3) is 0.500. The number of carbonyl (C=O) groups excluding carboxylic acids is 1. The van der Waals surface area contributed by atoms with E-state index >= 15 is 0 Å². The van der Waals surface area contributed by atoms with Crippen molar-refractivity contribution >= 4 is 5.97 Å². The average molecular weight is 209 g/mol. The molecule has 0 unspecified atom stereocenters. The van der Waals surface area contributed by atoms with Gasteiger partial charge in [-0.05, 0) is 6.92 Å². The molecular weight excluding hydrogens is 206 g/mol. The number of rotatable bonds is 0. The summed E-state index contributed by atoms with van der Waals surface area (Å²) in [6.45, 7) is 0.972. The zero-order valence-corrected chi connectivity index (χ0v) is 5.34. The molecule has 0 saturated heterocycles. The molecular formula is C2H3O2Sm+2. The second-order valence-electron chi connectivity index (χ2n) is 0.492. The van der Waals surface area contributed by atoms with E-state index in [2.05, 4.69) is 0 Å². The van der Waals surface area contributed by atoms with Crippen molar-refractivity contribution in [3.63, 3.8) is 0 Å². The predicted molar refractivity (Wildman–Crippen MR) is 10.7 cm³/mol. The van der Waals surface area contributed by atoms with Gasteiger partial charge in [0.15, 0.2) is 0 Å². The second-order valence-corrected chi connectivity index (χ2v) is 0.492. The van der Waals surface area contributed by atoms with E-state index in [0.717, 1.165) is 6.92 Å². The fourth-order valence-corrected chi connectivity index (χ4v) is 0. The Hall–Kier alpha value is 0.808. The van der Waals surface area contributed by atoms with E-state index in [9.17, 15) is 0 Å². The first-order valence-electron chi connectivity index (χ1n) is 0.908. The van der Waals surface area contributed by atoms with E-state index in [1.54, 1.807) is 0 Å². The van der Waals surface area contributed by atoms with Crippen molar-refractivity contribution in [2.24, 2.45) is 0 Å². The van der Waals surface area contributed by atoms with Crippen LogP contribution >= 0.6 is 0 Å².